The number of hydrogen-bond acceptors (Lipinski definition) is 3. The number of hydrogen-bond donors (Lipinski definition) is 1. The van der Waals surface area contributed by atoms with E-state index in [4.69, 9.17) is 4.74 Å². The largest absolute Gasteiger partial charge is 0.377 e. The molecule has 0 bridgehead atoms. The fourth-order valence-corrected chi connectivity index (χ4v) is 3.23. The van der Waals surface area contributed by atoms with E-state index in [-0.39, 0.29) is 17.0 Å². The standard InChI is InChI=1S/C14H18N2O3/c17-12-9-11(3-6-15-12)13(18)16-7-8-19-10-14(16)4-1-2-5-14/h3,6,9H,1-2,4-5,7-8,10H2,(H,15,17). The minimum atomic E-state index is -0.236. The summed E-state index contributed by atoms with van der Waals surface area (Å²) in [5, 5.41) is 0. The molecule has 1 aromatic heterocycles. The summed E-state index contributed by atoms with van der Waals surface area (Å²) in [7, 11) is 0. The Labute approximate surface area is 111 Å². The van der Waals surface area contributed by atoms with Crippen LogP contribution < -0.4 is 5.56 Å². The number of morpholine rings is 1. The summed E-state index contributed by atoms with van der Waals surface area (Å²) in [5.41, 5.74) is 0.0919. The summed E-state index contributed by atoms with van der Waals surface area (Å²) in [6.45, 7) is 1.82. The van der Waals surface area contributed by atoms with Crippen LogP contribution in [0.25, 0.3) is 0 Å². The number of amides is 1. The van der Waals surface area contributed by atoms with E-state index in [0.29, 0.717) is 25.3 Å². The summed E-state index contributed by atoms with van der Waals surface area (Å²) >= 11 is 0. The first-order valence-electron chi connectivity index (χ1n) is 6.80. The van der Waals surface area contributed by atoms with E-state index in [1.807, 2.05) is 4.90 Å². The van der Waals surface area contributed by atoms with E-state index in [2.05, 4.69) is 4.98 Å². The maximum atomic E-state index is 12.6. The number of ether oxygens (including phenoxy) is 1. The van der Waals surface area contributed by atoms with Crippen molar-refractivity contribution in [3.63, 3.8) is 0 Å². The monoisotopic (exact) mass is 262 g/mol. The molecule has 1 N–H and O–H groups in total. The molecule has 102 valence electrons. The minimum Gasteiger partial charge on any atom is -0.377 e. The molecule has 1 aliphatic heterocycles. The van der Waals surface area contributed by atoms with Crippen LogP contribution >= 0.6 is 0 Å². The van der Waals surface area contributed by atoms with Crippen molar-refractivity contribution >= 4 is 5.91 Å². The predicted molar refractivity (Wildman–Crippen MR) is 70.1 cm³/mol. The van der Waals surface area contributed by atoms with Crippen molar-refractivity contribution < 1.29 is 9.53 Å². The number of pyridine rings is 1. The third-order valence-corrected chi connectivity index (χ3v) is 4.20. The first-order valence-corrected chi connectivity index (χ1v) is 6.80. The molecule has 1 saturated heterocycles. The van der Waals surface area contributed by atoms with E-state index in [1.54, 1.807) is 6.07 Å². The Balaban J connectivity index is 1.91. The third-order valence-electron chi connectivity index (χ3n) is 4.20. The van der Waals surface area contributed by atoms with Crippen LogP contribution in [0.1, 0.15) is 36.0 Å². The molecular weight excluding hydrogens is 244 g/mol. The fraction of sp³-hybridized carbons (Fsp3) is 0.571. The number of H-pyrrole nitrogens is 1. The van der Waals surface area contributed by atoms with Crippen molar-refractivity contribution in [2.75, 3.05) is 19.8 Å². The SMILES string of the molecule is O=C(c1cc[nH]c(=O)c1)N1CCOCC12CCCC2. The average molecular weight is 262 g/mol. The van der Waals surface area contributed by atoms with Crippen molar-refractivity contribution in [2.45, 2.75) is 31.2 Å². The smallest absolute Gasteiger partial charge is 0.254 e. The molecule has 19 heavy (non-hydrogen) atoms. The van der Waals surface area contributed by atoms with Gasteiger partial charge in [0.2, 0.25) is 5.56 Å². The van der Waals surface area contributed by atoms with Gasteiger partial charge in [-0.3, -0.25) is 9.59 Å². The molecule has 5 heteroatoms. The maximum absolute atomic E-state index is 12.6. The summed E-state index contributed by atoms with van der Waals surface area (Å²) in [6.07, 6.45) is 5.81. The molecular formula is C14H18N2O3. The normalized spacial score (nSPS) is 21.8. The Morgan fingerprint density at radius 3 is 2.89 bits per heavy atom. The Morgan fingerprint density at radius 2 is 2.16 bits per heavy atom. The fourth-order valence-electron chi connectivity index (χ4n) is 3.23. The number of aromatic amines is 1. The van der Waals surface area contributed by atoms with Crippen LogP contribution in [0, 0.1) is 0 Å². The minimum absolute atomic E-state index is 0.0451. The topological polar surface area (TPSA) is 62.4 Å². The molecule has 2 heterocycles. The highest BCUT2D eigenvalue weighted by atomic mass is 16.5. The third kappa shape index (κ3) is 2.18. The molecule has 1 spiro atoms. The van der Waals surface area contributed by atoms with Crippen LogP contribution in [0.15, 0.2) is 23.1 Å². The Kier molecular flexibility index (Phi) is 3.14. The lowest BCUT2D eigenvalue weighted by molar-refractivity contribution is -0.0502. The van der Waals surface area contributed by atoms with Crippen LogP contribution in [-0.2, 0) is 4.74 Å². The quantitative estimate of drug-likeness (QED) is 0.826. The molecule has 0 unspecified atom stereocenters. The number of carbonyl (C=O) groups excluding carboxylic acids is 1. The van der Waals surface area contributed by atoms with E-state index < -0.39 is 0 Å². The molecule has 2 aliphatic rings. The van der Waals surface area contributed by atoms with Crippen LogP contribution in [0.4, 0.5) is 0 Å². The van der Waals surface area contributed by atoms with Gasteiger partial charge in [0.1, 0.15) is 0 Å². The molecule has 0 aromatic carbocycles. The van der Waals surface area contributed by atoms with Crippen molar-refractivity contribution in [3.05, 3.63) is 34.2 Å². The van der Waals surface area contributed by atoms with E-state index in [0.717, 1.165) is 25.7 Å². The zero-order chi connectivity index (χ0) is 13.3. The number of nitrogens with zero attached hydrogens (tertiary/aromatic N) is 1. The zero-order valence-electron chi connectivity index (χ0n) is 10.9. The van der Waals surface area contributed by atoms with Gasteiger partial charge in [-0.2, -0.15) is 0 Å². The van der Waals surface area contributed by atoms with Gasteiger partial charge in [0.15, 0.2) is 0 Å². The Morgan fingerprint density at radius 1 is 1.37 bits per heavy atom. The van der Waals surface area contributed by atoms with Crippen molar-refractivity contribution in [1.82, 2.24) is 9.88 Å². The van der Waals surface area contributed by atoms with Crippen LogP contribution in [0.3, 0.4) is 0 Å². The van der Waals surface area contributed by atoms with Gasteiger partial charge in [-0.25, -0.2) is 0 Å². The van der Waals surface area contributed by atoms with Gasteiger partial charge in [-0.15, -0.1) is 0 Å². The lowest BCUT2D eigenvalue weighted by Crippen LogP contribution is -2.57. The van der Waals surface area contributed by atoms with Crippen LogP contribution in [-0.4, -0.2) is 41.1 Å². The summed E-state index contributed by atoms with van der Waals surface area (Å²) in [6, 6.07) is 3.04. The molecule has 2 fully saturated rings. The first-order chi connectivity index (χ1) is 9.21. The Hall–Kier alpha value is -1.62. The van der Waals surface area contributed by atoms with Gasteiger partial charge >= 0.3 is 0 Å². The van der Waals surface area contributed by atoms with E-state index >= 15 is 0 Å². The highest BCUT2D eigenvalue weighted by molar-refractivity contribution is 5.94. The second-order valence-electron chi connectivity index (χ2n) is 5.38. The van der Waals surface area contributed by atoms with Crippen molar-refractivity contribution in [2.24, 2.45) is 0 Å². The number of nitrogens with one attached hydrogen (secondary N) is 1. The number of carbonyl (C=O) groups is 1. The highest BCUT2D eigenvalue weighted by Gasteiger charge is 2.44. The number of rotatable bonds is 1. The molecule has 1 amide bonds. The molecule has 1 aliphatic carbocycles. The van der Waals surface area contributed by atoms with Gasteiger partial charge in [-0.1, -0.05) is 12.8 Å². The maximum Gasteiger partial charge on any atom is 0.254 e. The average Bonchev–Trinajstić information content (AvgIpc) is 2.87. The molecule has 5 nitrogen and oxygen atoms in total. The van der Waals surface area contributed by atoms with Crippen molar-refractivity contribution in [3.8, 4) is 0 Å². The lowest BCUT2D eigenvalue weighted by Gasteiger charge is -2.44. The van der Waals surface area contributed by atoms with E-state index in [9.17, 15) is 9.59 Å². The molecule has 0 atom stereocenters. The zero-order valence-corrected chi connectivity index (χ0v) is 10.9. The van der Waals surface area contributed by atoms with Crippen LogP contribution in [0.2, 0.25) is 0 Å². The Bertz CT molecular complexity index is 531. The van der Waals surface area contributed by atoms with E-state index in [1.165, 1.54) is 12.3 Å². The molecule has 1 saturated carbocycles. The number of aromatic nitrogens is 1. The second-order valence-corrected chi connectivity index (χ2v) is 5.38. The second kappa shape index (κ2) is 4.81. The molecule has 1 aromatic rings. The highest BCUT2D eigenvalue weighted by Crippen LogP contribution is 2.38. The van der Waals surface area contributed by atoms with Gasteiger partial charge < -0.3 is 14.6 Å². The summed E-state index contributed by atoms with van der Waals surface area (Å²) in [5.74, 6) is -0.0451. The summed E-state index contributed by atoms with van der Waals surface area (Å²) < 4.78 is 5.59. The van der Waals surface area contributed by atoms with Crippen molar-refractivity contribution in [1.29, 1.82) is 0 Å². The van der Waals surface area contributed by atoms with Gasteiger partial charge in [0.05, 0.1) is 18.8 Å². The first kappa shape index (κ1) is 12.4. The molecule has 3 rings (SSSR count). The molecule has 0 radical (unpaired) electrons. The van der Waals surface area contributed by atoms with Gasteiger partial charge in [0.25, 0.3) is 5.91 Å². The van der Waals surface area contributed by atoms with Crippen LogP contribution in [0.5, 0.6) is 0 Å². The van der Waals surface area contributed by atoms with Gasteiger partial charge in [-0.05, 0) is 18.9 Å². The van der Waals surface area contributed by atoms with Gasteiger partial charge in [0, 0.05) is 24.4 Å². The summed E-state index contributed by atoms with van der Waals surface area (Å²) in [4.78, 5) is 28.4. The lowest BCUT2D eigenvalue weighted by atomic mass is 9.94. The predicted octanol–water partition coefficient (Wildman–Crippen LogP) is 1.16.